The summed E-state index contributed by atoms with van der Waals surface area (Å²) in [5, 5.41) is 3.48. The maximum atomic E-state index is 4.35. The topological polar surface area (TPSA) is 24.9 Å². The molecule has 2 nitrogen and oxygen atoms in total. The molecule has 2 rings (SSSR count). The Labute approximate surface area is 114 Å². The lowest BCUT2D eigenvalue weighted by Gasteiger charge is -2.11. The normalized spacial score (nSPS) is 12.6. The van der Waals surface area contributed by atoms with Gasteiger partial charge in [-0.05, 0) is 48.0 Å². The first-order chi connectivity index (χ1) is 8.16. The molecule has 0 saturated heterocycles. The van der Waals surface area contributed by atoms with Crippen LogP contribution in [0.1, 0.15) is 28.4 Å². The van der Waals surface area contributed by atoms with Crippen LogP contribution in [0, 0.1) is 6.92 Å². The number of rotatable bonds is 4. The molecule has 0 amide bonds. The standard InChI is InChI=1S/C13H15BrN2S/c1-9(13-5-3-4-6-15-13)16-8-11-7-12(14)10(2)17-11/h3-7,9,16H,8H2,1-2H3/t9-/m0/s1. The Hall–Kier alpha value is -0.710. The van der Waals surface area contributed by atoms with Crippen molar-refractivity contribution >= 4 is 27.3 Å². The number of halogens is 1. The number of nitrogens with one attached hydrogen (secondary N) is 1. The second-order valence-electron chi connectivity index (χ2n) is 3.97. The van der Waals surface area contributed by atoms with Gasteiger partial charge in [-0.1, -0.05) is 6.07 Å². The van der Waals surface area contributed by atoms with Gasteiger partial charge < -0.3 is 5.32 Å². The van der Waals surface area contributed by atoms with Gasteiger partial charge in [-0.3, -0.25) is 4.98 Å². The minimum absolute atomic E-state index is 0.275. The minimum Gasteiger partial charge on any atom is -0.304 e. The zero-order valence-electron chi connectivity index (χ0n) is 9.90. The van der Waals surface area contributed by atoms with Gasteiger partial charge in [0.15, 0.2) is 0 Å². The van der Waals surface area contributed by atoms with Crippen molar-refractivity contribution in [2.45, 2.75) is 26.4 Å². The van der Waals surface area contributed by atoms with E-state index in [1.165, 1.54) is 14.2 Å². The minimum atomic E-state index is 0.275. The Morgan fingerprint density at radius 2 is 2.29 bits per heavy atom. The summed E-state index contributed by atoms with van der Waals surface area (Å²) in [5.74, 6) is 0. The summed E-state index contributed by atoms with van der Waals surface area (Å²) < 4.78 is 1.20. The third-order valence-corrected chi connectivity index (χ3v) is 4.76. The van der Waals surface area contributed by atoms with Crippen molar-refractivity contribution in [2.24, 2.45) is 0 Å². The molecule has 17 heavy (non-hydrogen) atoms. The van der Waals surface area contributed by atoms with E-state index in [4.69, 9.17) is 0 Å². The van der Waals surface area contributed by atoms with Gasteiger partial charge >= 0.3 is 0 Å². The number of nitrogens with zero attached hydrogens (tertiary/aromatic N) is 1. The Bertz CT molecular complexity index is 462. The summed E-state index contributed by atoms with van der Waals surface area (Å²) in [6.07, 6.45) is 1.83. The average Bonchev–Trinajstić information content (AvgIpc) is 2.67. The molecule has 0 spiro atoms. The van der Waals surface area contributed by atoms with Gasteiger partial charge in [0, 0.05) is 33.0 Å². The maximum Gasteiger partial charge on any atom is 0.0570 e. The number of thiophene rings is 1. The van der Waals surface area contributed by atoms with Crippen molar-refractivity contribution in [2.75, 3.05) is 0 Å². The first-order valence-corrected chi connectivity index (χ1v) is 7.17. The van der Waals surface area contributed by atoms with Gasteiger partial charge in [0.05, 0.1) is 5.69 Å². The van der Waals surface area contributed by atoms with Crippen LogP contribution in [-0.2, 0) is 6.54 Å². The molecule has 2 aromatic rings. The maximum absolute atomic E-state index is 4.35. The lowest BCUT2D eigenvalue weighted by atomic mass is 10.2. The number of aromatic nitrogens is 1. The molecule has 2 heterocycles. The molecule has 2 aromatic heterocycles. The van der Waals surface area contributed by atoms with E-state index in [-0.39, 0.29) is 6.04 Å². The van der Waals surface area contributed by atoms with E-state index >= 15 is 0 Å². The van der Waals surface area contributed by atoms with Gasteiger partial charge in [0.2, 0.25) is 0 Å². The van der Waals surface area contributed by atoms with Crippen molar-refractivity contribution in [3.63, 3.8) is 0 Å². The SMILES string of the molecule is Cc1sc(CN[C@@H](C)c2ccccn2)cc1Br. The Balaban J connectivity index is 1.94. The lowest BCUT2D eigenvalue weighted by Crippen LogP contribution is -2.18. The number of hydrogen-bond donors (Lipinski definition) is 1. The van der Waals surface area contributed by atoms with Crippen LogP contribution < -0.4 is 5.32 Å². The van der Waals surface area contributed by atoms with Crippen LogP contribution in [0.5, 0.6) is 0 Å². The summed E-state index contributed by atoms with van der Waals surface area (Å²) in [4.78, 5) is 7.02. The molecule has 90 valence electrons. The molecule has 4 heteroatoms. The van der Waals surface area contributed by atoms with Gasteiger partial charge in [-0.2, -0.15) is 0 Å². The van der Waals surface area contributed by atoms with Crippen molar-refractivity contribution in [1.82, 2.24) is 10.3 Å². The van der Waals surface area contributed by atoms with Crippen LogP contribution in [0.15, 0.2) is 34.9 Å². The monoisotopic (exact) mass is 310 g/mol. The van der Waals surface area contributed by atoms with Crippen LogP contribution in [-0.4, -0.2) is 4.98 Å². The molecule has 0 aliphatic carbocycles. The van der Waals surface area contributed by atoms with Crippen LogP contribution in [0.25, 0.3) is 0 Å². The van der Waals surface area contributed by atoms with Crippen molar-refractivity contribution in [1.29, 1.82) is 0 Å². The van der Waals surface area contributed by atoms with Gasteiger partial charge in [-0.25, -0.2) is 0 Å². The summed E-state index contributed by atoms with van der Waals surface area (Å²) in [5.41, 5.74) is 1.08. The highest BCUT2D eigenvalue weighted by Gasteiger charge is 2.07. The fourth-order valence-corrected chi connectivity index (χ4v) is 3.15. The second-order valence-corrected chi connectivity index (χ2v) is 6.17. The Morgan fingerprint density at radius 1 is 1.47 bits per heavy atom. The summed E-state index contributed by atoms with van der Waals surface area (Å²) in [7, 11) is 0. The fraction of sp³-hybridized carbons (Fsp3) is 0.308. The second kappa shape index (κ2) is 5.76. The lowest BCUT2D eigenvalue weighted by molar-refractivity contribution is 0.565. The third kappa shape index (κ3) is 3.37. The Morgan fingerprint density at radius 3 is 2.88 bits per heavy atom. The number of pyridine rings is 1. The largest absolute Gasteiger partial charge is 0.304 e. The molecule has 0 fully saturated rings. The fourth-order valence-electron chi connectivity index (χ4n) is 1.60. The summed E-state index contributed by atoms with van der Waals surface area (Å²) in [6, 6.07) is 8.46. The smallest absolute Gasteiger partial charge is 0.0570 e. The zero-order valence-corrected chi connectivity index (χ0v) is 12.3. The van der Waals surface area contributed by atoms with Gasteiger partial charge in [-0.15, -0.1) is 11.3 Å². The van der Waals surface area contributed by atoms with E-state index in [2.05, 4.69) is 46.1 Å². The van der Waals surface area contributed by atoms with E-state index in [1.54, 1.807) is 0 Å². The average molecular weight is 311 g/mol. The molecule has 1 atom stereocenters. The van der Waals surface area contributed by atoms with Crippen molar-refractivity contribution in [3.05, 3.63) is 50.4 Å². The highest BCUT2D eigenvalue weighted by Crippen LogP contribution is 2.26. The molecular weight excluding hydrogens is 296 g/mol. The van der Waals surface area contributed by atoms with Crippen LogP contribution in [0.2, 0.25) is 0 Å². The van der Waals surface area contributed by atoms with Crippen molar-refractivity contribution < 1.29 is 0 Å². The van der Waals surface area contributed by atoms with Crippen LogP contribution in [0.3, 0.4) is 0 Å². The highest BCUT2D eigenvalue weighted by atomic mass is 79.9. The first kappa shape index (κ1) is 12.7. The molecule has 0 aromatic carbocycles. The predicted octanol–water partition coefficient (Wildman–Crippen LogP) is 4.06. The number of aryl methyl sites for hydroxylation is 1. The van der Waals surface area contributed by atoms with E-state index in [0.29, 0.717) is 0 Å². The van der Waals surface area contributed by atoms with Gasteiger partial charge in [0.25, 0.3) is 0 Å². The molecule has 0 bridgehead atoms. The summed E-state index contributed by atoms with van der Waals surface area (Å²) >= 11 is 5.36. The third-order valence-electron chi connectivity index (χ3n) is 2.62. The van der Waals surface area contributed by atoms with E-state index in [1.807, 2.05) is 35.7 Å². The quantitative estimate of drug-likeness (QED) is 0.921. The van der Waals surface area contributed by atoms with Crippen molar-refractivity contribution in [3.8, 4) is 0 Å². The van der Waals surface area contributed by atoms with Gasteiger partial charge in [0.1, 0.15) is 0 Å². The molecular formula is C13H15BrN2S. The molecule has 1 N–H and O–H groups in total. The van der Waals surface area contributed by atoms with Crippen LogP contribution in [0.4, 0.5) is 0 Å². The predicted molar refractivity (Wildman–Crippen MR) is 76.2 cm³/mol. The molecule has 0 aliphatic rings. The Kier molecular flexibility index (Phi) is 4.31. The van der Waals surface area contributed by atoms with E-state index < -0.39 is 0 Å². The highest BCUT2D eigenvalue weighted by molar-refractivity contribution is 9.10. The zero-order chi connectivity index (χ0) is 12.3. The molecule has 0 radical (unpaired) electrons. The van der Waals surface area contributed by atoms with Crippen LogP contribution >= 0.6 is 27.3 Å². The van der Waals surface area contributed by atoms with E-state index in [0.717, 1.165) is 12.2 Å². The van der Waals surface area contributed by atoms with E-state index in [9.17, 15) is 0 Å². The molecule has 0 saturated carbocycles. The molecule has 0 unspecified atom stereocenters. The first-order valence-electron chi connectivity index (χ1n) is 5.56. The summed E-state index contributed by atoms with van der Waals surface area (Å²) in [6.45, 7) is 5.15. The molecule has 0 aliphatic heterocycles. The number of hydrogen-bond acceptors (Lipinski definition) is 3.